The molecule has 0 fully saturated rings. The lowest BCUT2D eigenvalue weighted by atomic mass is 10.1. The van der Waals surface area contributed by atoms with Gasteiger partial charge in [-0.3, -0.25) is 4.79 Å². The van der Waals surface area contributed by atoms with Crippen LogP contribution in [0.25, 0.3) is 10.9 Å². The summed E-state index contributed by atoms with van der Waals surface area (Å²) in [6.45, 7) is 1.28. The predicted octanol–water partition coefficient (Wildman–Crippen LogP) is 3.09. The van der Waals surface area contributed by atoms with Gasteiger partial charge in [-0.15, -0.1) is 0 Å². The third kappa shape index (κ3) is 3.98. The molecule has 0 spiro atoms. The Labute approximate surface area is 148 Å². The summed E-state index contributed by atoms with van der Waals surface area (Å²) in [6, 6.07) is 19.6. The summed E-state index contributed by atoms with van der Waals surface area (Å²) >= 11 is 0. The fraction of sp³-hybridized carbons (Fsp3) is 0.286. The van der Waals surface area contributed by atoms with Gasteiger partial charge in [-0.2, -0.15) is 0 Å². The zero-order chi connectivity index (χ0) is 17.8. The molecule has 0 saturated carbocycles. The molecule has 1 N–H and O–H groups in total. The molecular formula is C21H24N2O2. The van der Waals surface area contributed by atoms with Crippen LogP contribution in [0.5, 0.6) is 0 Å². The summed E-state index contributed by atoms with van der Waals surface area (Å²) in [6.07, 6.45) is 0.150. The number of benzene rings is 2. The molecule has 0 unspecified atom stereocenters. The maximum atomic E-state index is 12.6. The average molecular weight is 336 g/mol. The Kier molecular flexibility index (Phi) is 5.31. The Morgan fingerprint density at radius 1 is 1.08 bits per heavy atom. The second-order valence-corrected chi connectivity index (χ2v) is 6.55. The van der Waals surface area contributed by atoms with E-state index in [1.54, 1.807) is 4.57 Å². The fourth-order valence-electron chi connectivity index (χ4n) is 3.16. The van der Waals surface area contributed by atoms with Gasteiger partial charge in [0, 0.05) is 25.7 Å². The number of aliphatic hydroxyl groups excluding tert-OH is 1. The van der Waals surface area contributed by atoms with Gasteiger partial charge in [0.1, 0.15) is 0 Å². The number of hydrogen-bond donors (Lipinski definition) is 1. The van der Waals surface area contributed by atoms with Crippen molar-refractivity contribution in [1.29, 1.82) is 0 Å². The fourth-order valence-corrected chi connectivity index (χ4v) is 3.16. The van der Waals surface area contributed by atoms with E-state index in [1.807, 2.05) is 74.8 Å². The highest BCUT2D eigenvalue weighted by molar-refractivity contribution is 5.79. The topological polar surface area (TPSA) is 45.5 Å². The van der Waals surface area contributed by atoms with Crippen molar-refractivity contribution in [2.24, 2.45) is 7.05 Å². The molecule has 0 saturated heterocycles. The molecule has 1 aromatic heterocycles. The molecule has 1 heterocycles. The summed E-state index contributed by atoms with van der Waals surface area (Å²) in [4.78, 5) is 14.6. The summed E-state index contributed by atoms with van der Waals surface area (Å²) in [7, 11) is 3.79. The van der Waals surface area contributed by atoms with E-state index in [4.69, 9.17) is 0 Å². The van der Waals surface area contributed by atoms with E-state index in [9.17, 15) is 9.90 Å². The number of aromatic nitrogens is 1. The quantitative estimate of drug-likeness (QED) is 0.752. The largest absolute Gasteiger partial charge is 0.388 e. The summed E-state index contributed by atoms with van der Waals surface area (Å²) in [5, 5.41) is 11.3. The maximum Gasteiger partial charge on any atom is 0.255 e. The summed E-state index contributed by atoms with van der Waals surface area (Å²) in [5.74, 6) is 0. The molecule has 0 aliphatic carbocycles. The van der Waals surface area contributed by atoms with Crippen LogP contribution in [0, 0.1) is 0 Å². The van der Waals surface area contributed by atoms with Gasteiger partial charge in [-0.05, 0) is 36.6 Å². The number of aryl methyl sites for hydroxylation is 1. The van der Waals surface area contributed by atoms with E-state index in [0.29, 0.717) is 19.5 Å². The van der Waals surface area contributed by atoms with Gasteiger partial charge in [0.15, 0.2) is 0 Å². The van der Waals surface area contributed by atoms with Gasteiger partial charge < -0.3 is 14.6 Å². The van der Waals surface area contributed by atoms with Gasteiger partial charge in [0.2, 0.25) is 0 Å². The molecule has 25 heavy (non-hydrogen) atoms. The second kappa shape index (κ2) is 7.64. The molecule has 4 nitrogen and oxygen atoms in total. The first-order valence-electron chi connectivity index (χ1n) is 8.55. The molecule has 3 aromatic rings. The SMILES string of the molecule is CN(CC[C@H](O)c1ccccc1)Cc1cc2ccccc2n(C)c1=O. The minimum absolute atomic E-state index is 0.0363. The Bertz CT molecular complexity index is 903. The van der Waals surface area contributed by atoms with Crippen molar-refractivity contribution in [3.8, 4) is 0 Å². The summed E-state index contributed by atoms with van der Waals surface area (Å²) in [5.41, 5.74) is 2.68. The number of rotatable bonds is 6. The molecule has 4 heteroatoms. The van der Waals surface area contributed by atoms with Crippen LogP contribution in [-0.4, -0.2) is 28.2 Å². The van der Waals surface area contributed by atoms with E-state index in [-0.39, 0.29) is 5.56 Å². The van der Waals surface area contributed by atoms with Crippen molar-refractivity contribution < 1.29 is 5.11 Å². The highest BCUT2D eigenvalue weighted by Crippen LogP contribution is 2.17. The van der Waals surface area contributed by atoms with Crippen LogP contribution in [0.1, 0.15) is 23.7 Å². The van der Waals surface area contributed by atoms with Crippen LogP contribution in [0.4, 0.5) is 0 Å². The van der Waals surface area contributed by atoms with Crippen molar-refractivity contribution >= 4 is 10.9 Å². The zero-order valence-electron chi connectivity index (χ0n) is 14.7. The number of aliphatic hydroxyl groups is 1. The lowest BCUT2D eigenvalue weighted by Crippen LogP contribution is -2.28. The van der Waals surface area contributed by atoms with Crippen LogP contribution < -0.4 is 5.56 Å². The lowest BCUT2D eigenvalue weighted by Gasteiger charge is -2.19. The second-order valence-electron chi connectivity index (χ2n) is 6.55. The summed E-state index contributed by atoms with van der Waals surface area (Å²) < 4.78 is 1.71. The average Bonchev–Trinajstić information content (AvgIpc) is 2.64. The van der Waals surface area contributed by atoms with E-state index in [2.05, 4.69) is 4.90 Å². The Morgan fingerprint density at radius 3 is 2.52 bits per heavy atom. The van der Waals surface area contributed by atoms with E-state index >= 15 is 0 Å². The Morgan fingerprint density at radius 2 is 1.76 bits per heavy atom. The standard InChI is InChI=1S/C21H24N2O2/c1-22(13-12-20(24)16-8-4-3-5-9-16)15-18-14-17-10-6-7-11-19(17)23(2)21(18)25/h3-11,14,20,24H,12-13,15H2,1-2H3/t20-/m0/s1. The van der Waals surface area contributed by atoms with Gasteiger partial charge in [0.25, 0.3) is 5.56 Å². The predicted molar refractivity (Wildman–Crippen MR) is 102 cm³/mol. The number of nitrogens with zero attached hydrogens (tertiary/aromatic N) is 2. The number of hydrogen-bond acceptors (Lipinski definition) is 3. The highest BCUT2D eigenvalue weighted by Gasteiger charge is 2.12. The minimum Gasteiger partial charge on any atom is -0.388 e. The smallest absolute Gasteiger partial charge is 0.255 e. The van der Waals surface area contributed by atoms with Gasteiger partial charge in [-0.25, -0.2) is 0 Å². The lowest BCUT2D eigenvalue weighted by molar-refractivity contribution is 0.147. The maximum absolute atomic E-state index is 12.6. The monoisotopic (exact) mass is 336 g/mol. The number of pyridine rings is 1. The van der Waals surface area contributed by atoms with E-state index in [1.165, 1.54) is 0 Å². The van der Waals surface area contributed by atoms with Crippen LogP contribution in [0.15, 0.2) is 65.5 Å². The van der Waals surface area contributed by atoms with Crippen LogP contribution >= 0.6 is 0 Å². The first kappa shape index (κ1) is 17.4. The highest BCUT2D eigenvalue weighted by atomic mass is 16.3. The van der Waals surface area contributed by atoms with Gasteiger partial charge >= 0.3 is 0 Å². The molecule has 0 aliphatic heterocycles. The molecule has 0 amide bonds. The van der Waals surface area contributed by atoms with Crippen LogP contribution in [0.3, 0.4) is 0 Å². The number of fused-ring (bicyclic) bond motifs is 1. The molecule has 0 aliphatic rings. The third-order valence-corrected chi connectivity index (χ3v) is 4.62. The molecule has 1 atom stereocenters. The minimum atomic E-state index is -0.483. The Balaban J connectivity index is 1.69. The Hall–Kier alpha value is -2.43. The van der Waals surface area contributed by atoms with Gasteiger partial charge in [0.05, 0.1) is 11.6 Å². The van der Waals surface area contributed by atoms with Crippen LogP contribution in [-0.2, 0) is 13.6 Å². The molecule has 3 rings (SSSR count). The molecular weight excluding hydrogens is 312 g/mol. The first-order chi connectivity index (χ1) is 12.1. The van der Waals surface area contributed by atoms with Crippen molar-refractivity contribution in [2.45, 2.75) is 19.1 Å². The third-order valence-electron chi connectivity index (χ3n) is 4.62. The molecule has 0 bridgehead atoms. The molecule has 2 aromatic carbocycles. The normalized spacial score (nSPS) is 12.6. The van der Waals surface area contributed by atoms with Crippen molar-refractivity contribution in [3.63, 3.8) is 0 Å². The van der Waals surface area contributed by atoms with E-state index < -0.39 is 6.10 Å². The van der Waals surface area contributed by atoms with Crippen molar-refractivity contribution in [2.75, 3.05) is 13.6 Å². The van der Waals surface area contributed by atoms with E-state index in [0.717, 1.165) is 22.0 Å². The van der Waals surface area contributed by atoms with Crippen molar-refractivity contribution in [1.82, 2.24) is 9.47 Å². The zero-order valence-corrected chi connectivity index (χ0v) is 14.7. The first-order valence-corrected chi connectivity index (χ1v) is 8.55. The van der Waals surface area contributed by atoms with Crippen LogP contribution in [0.2, 0.25) is 0 Å². The molecule has 130 valence electrons. The molecule has 0 radical (unpaired) electrons. The van der Waals surface area contributed by atoms with Gasteiger partial charge in [-0.1, -0.05) is 48.5 Å². The van der Waals surface area contributed by atoms with Crippen molar-refractivity contribution in [3.05, 3.63) is 82.1 Å². The number of para-hydroxylation sites is 1.